The Bertz CT molecular complexity index is 397. The molecule has 2 unspecified atom stereocenters. The fourth-order valence-electron chi connectivity index (χ4n) is 2.01. The number of anilines is 1. The van der Waals surface area contributed by atoms with Crippen LogP contribution < -0.4 is 16.4 Å². The SMILES string of the molecule is CC1CN(c2ncccc2C(N)=O)CC1N. The summed E-state index contributed by atoms with van der Waals surface area (Å²) in [5.41, 5.74) is 11.7. The predicted molar refractivity (Wildman–Crippen MR) is 62.1 cm³/mol. The van der Waals surface area contributed by atoms with Crippen LogP contribution in [-0.4, -0.2) is 30.0 Å². The Morgan fingerprint density at radius 3 is 2.88 bits per heavy atom. The molecule has 4 N–H and O–H groups in total. The highest BCUT2D eigenvalue weighted by atomic mass is 16.1. The summed E-state index contributed by atoms with van der Waals surface area (Å²) < 4.78 is 0. The largest absolute Gasteiger partial charge is 0.365 e. The first-order valence-corrected chi connectivity index (χ1v) is 5.35. The van der Waals surface area contributed by atoms with Crippen LogP contribution >= 0.6 is 0 Å². The summed E-state index contributed by atoms with van der Waals surface area (Å²) in [6.07, 6.45) is 1.66. The van der Waals surface area contributed by atoms with Gasteiger partial charge in [0, 0.05) is 25.3 Å². The second-order valence-electron chi connectivity index (χ2n) is 4.28. The van der Waals surface area contributed by atoms with Gasteiger partial charge >= 0.3 is 0 Å². The second kappa shape index (κ2) is 4.09. The summed E-state index contributed by atoms with van der Waals surface area (Å²) in [6, 6.07) is 3.53. The van der Waals surface area contributed by atoms with Crippen LogP contribution in [0.15, 0.2) is 18.3 Å². The molecule has 86 valence electrons. The molecule has 1 aromatic rings. The Morgan fingerprint density at radius 1 is 1.56 bits per heavy atom. The van der Waals surface area contributed by atoms with Gasteiger partial charge in [-0.05, 0) is 18.1 Å². The smallest absolute Gasteiger partial charge is 0.252 e. The lowest BCUT2D eigenvalue weighted by Crippen LogP contribution is -2.29. The van der Waals surface area contributed by atoms with Crippen LogP contribution in [0.5, 0.6) is 0 Å². The highest BCUT2D eigenvalue weighted by Gasteiger charge is 2.29. The monoisotopic (exact) mass is 220 g/mol. The van der Waals surface area contributed by atoms with E-state index in [4.69, 9.17) is 11.5 Å². The van der Waals surface area contributed by atoms with E-state index >= 15 is 0 Å². The molecule has 1 amide bonds. The van der Waals surface area contributed by atoms with Gasteiger partial charge in [0.25, 0.3) is 5.91 Å². The minimum absolute atomic E-state index is 0.128. The lowest BCUT2D eigenvalue weighted by Gasteiger charge is -2.18. The number of carbonyl (C=O) groups is 1. The summed E-state index contributed by atoms with van der Waals surface area (Å²) in [4.78, 5) is 17.5. The molecule has 5 nitrogen and oxygen atoms in total. The number of primary amides is 1. The van der Waals surface area contributed by atoms with Gasteiger partial charge in [-0.15, -0.1) is 0 Å². The van der Waals surface area contributed by atoms with Crippen LogP contribution in [0.1, 0.15) is 17.3 Å². The van der Waals surface area contributed by atoms with Crippen molar-refractivity contribution in [1.82, 2.24) is 4.98 Å². The van der Waals surface area contributed by atoms with Crippen LogP contribution in [-0.2, 0) is 0 Å². The first-order valence-electron chi connectivity index (χ1n) is 5.35. The van der Waals surface area contributed by atoms with Crippen LogP contribution in [0.2, 0.25) is 0 Å². The van der Waals surface area contributed by atoms with E-state index < -0.39 is 5.91 Å². The molecule has 0 saturated carbocycles. The van der Waals surface area contributed by atoms with Crippen molar-refractivity contribution in [3.63, 3.8) is 0 Å². The van der Waals surface area contributed by atoms with E-state index in [9.17, 15) is 4.79 Å². The van der Waals surface area contributed by atoms with Crippen LogP contribution in [0.4, 0.5) is 5.82 Å². The van der Waals surface area contributed by atoms with Crippen molar-refractivity contribution in [3.05, 3.63) is 23.9 Å². The van der Waals surface area contributed by atoms with E-state index in [2.05, 4.69) is 11.9 Å². The zero-order valence-electron chi connectivity index (χ0n) is 9.26. The van der Waals surface area contributed by atoms with Crippen molar-refractivity contribution in [3.8, 4) is 0 Å². The second-order valence-corrected chi connectivity index (χ2v) is 4.28. The van der Waals surface area contributed by atoms with Crippen LogP contribution in [0, 0.1) is 5.92 Å². The zero-order chi connectivity index (χ0) is 11.7. The zero-order valence-corrected chi connectivity index (χ0v) is 9.26. The van der Waals surface area contributed by atoms with E-state index in [1.165, 1.54) is 0 Å². The van der Waals surface area contributed by atoms with E-state index in [-0.39, 0.29) is 6.04 Å². The van der Waals surface area contributed by atoms with Gasteiger partial charge in [-0.3, -0.25) is 4.79 Å². The number of carbonyl (C=O) groups excluding carboxylic acids is 1. The topological polar surface area (TPSA) is 85.2 Å². The summed E-state index contributed by atoms with van der Waals surface area (Å²) in [7, 11) is 0. The van der Waals surface area contributed by atoms with Crippen molar-refractivity contribution in [1.29, 1.82) is 0 Å². The van der Waals surface area contributed by atoms with Gasteiger partial charge in [-0.1, -0.05) is 6.92 Å². The van der Waals surface area contributed by atoms with Gasteiger partial charge in [0.1, 0.15) is 5.82 Å². The summed E-state index contributed by atoms with van der Waals surface area (Å²) in [5.74, 6) is 0.605. The molecule has 2 heterocycles. The maximum atomic E-state index is 11.3. The van der Waals surface area contributed by atoms with E-state index in [1.807, 2.05) is 4.90 Å². The number of rotatable bonds is 2. The molecule has 0 aromatic carbocycles. The minimum atomic E-state index is -0.448. The highest BCUT2D eigenvalue weighted by molar-refractivity contribution is 5.97. The van der Waals surface area contributed by atoms with E-state index in [0.29, 0.717) is 17.3 Å². The third kappa shape index (κ3) is 1.86. The van der Waals surface area contributed by atoms with Crippen molar-refractivity contribution < 1.29 is 4.79 Å². The Kier molecular flexibility index (Phi) is 2.78. The number of nitrogens with zero attached hydrogens (tertiary/aromatic N) is 2. The van der Waals surface area contributed by atoms with Crippen molar-refractivity contribution in [2.24, 2.45) is 17.4 Å². The number of hydrogen-bond donors (Lipinski definition) is 2. The Labute approximate surface area is 94.4 Å². The molecule has 1 aliphatic heterocycles. The third-order valence-electron chi connectivity index (χ3n) is 3.02. The van der Waals surface area contributed by atoms with Crippen molar-refractivity contribution in [2.75, 3.05) is 18.0 Å². The minimum Gasteiger partial charge on any atom is -0.365 e. The van der Waals surface area contributed by atoms with Crippen molar-refractivity contribution in [2.45, 2.75) is 13.0 Å². The van der Waals surface area contributed by atoms with E-state index in [0.717, 1.165) is 13.1 Å². The predicted octanol–water partition coefficient (Wildman–Crippen LogP) is -0.0361. The lowest BCUT2D eigenvalue weighted by atomic mass is 10.1. The molecule has 2 rings (SSSR count). The normalized spacial score (nSPS) is 24.8. The molecular formula is C11H16N4O. The molecule has 0 spiro atoms. The fraction of sp³-hybridized carbons (Fsp3) is 0.455. The Morgan fingerprint density at radius 2 is 2.31 bits per heavy atom. The molecule has 0 radical (unpaired) electrons. The maximum Gasteiger partial charge on any atom is 0.252 e. The summed E-state index contributed by atoms with van der Waals surface area (Å²) in [6.45, 7) is 3.63. The number of nitrogens with two attached hydrogens (primary N) is 2. The first-order chi connectivity index (χ1) is 7.59. The molecular weight excluding hydrogens is 204 g/mol. The maximum absolute atomic E-state index is 11.3. The molecule has 0 aliphatic carbocycles. The fourth-order valence-corrected chi connectivity index (χ4v) is 2.01. The molecule has 0 bridgehead atoms. The van der Waals surface area contributed by atoms with Gasteiger partial charge in [0.05, 0.1) is 5.56 Å². The number of amides is 1. The number of hydrogen-bond acceptors (Lipinski definition) is 4. The highest BCUT2D eigenvalue weighted by Crippen LogP contribution is 2.23. The molecule has 1 aliphatic rings. The van der Waals surface area contributed by atoms with Crippen molar-refractivity contribution >= 4 is 11.7 Å². The molecule has 1 aromatic heterocycles. The average molecular weight is 220 g/mol. The third-order valence-corrected chi connectivity index (χ3v) is 3.02. The van der Waals surface area contributed by atoms with Gasteiger partial charge in [-0.25, -0.2) is 4.98 Å². The summed E-state index contributed by atoms with van der Waals surface area (Å²) in [5, 5.41) is 0. The van der Waals surface area contributed by atoms with Crippen LogP contribution in [0.3, 0.4) is 0 Å². The van der Waals surface area contributed by atoms with Gasteiger partial charge in [-0.2, -0.15) is 0 Å². The Balaban J connectivity index is 2.31. The van der Waals surface area contributed by atoms with Gasteiger partial charge in [0.15, 0.2) is 0 Å². The van der Waals surface area contributed by atoms with Gasteiger partial charge < -0.3 is 16.4 Å². The molecule has 5 heteroatoms. The van der Waals surface area contributed by atoms with Crippen LogP contribution in [0.25, 0.3) is 0 Å². The standard InChI is InChI=1S/C11H16N4O/c1-7-5-15(6-9(7)12)11-8(10(13)16)3-2-4-14-11/h2-4,7,9H,5-6,12H2,1H3,(H2,13,16). The molecule has 16 heavy (non-hydrogen) atoms. The lowest BCUT2D eigenvalue weighted by molar-refractivity contribution is 0.100. The van der Waals surface area contributed by atoms with E-state index in [1.54, 1.807) is 18.3 Å². The van der Waals surface area contributed by atoms with Gasteiger partial charge in [0.2, 0.25) is 0 Å². The number of aromatic nitrogens is 1. The quantitative estimate of drug-likeness (QED) is 0.732. The number of pyridine rings is 1. The Hall–Kier alpha value is -1.62. The first kappa shape index (κ1) is 10.9. The average Bonchev–Trinajstić information content (AvgIpc) is 2.59. The molecule has 2 atom stereocenters. The summed E-state index contributed by atoms with van der Waals surface area (Å²) >= 11 is 0. The molecule has 1 saturated heterocycles. The molecule has 1 fully saturated rings.